The predicted molar refractivity (Wildman–Crippen MR) is 132 cm³/mol. The second kappa shape index (κ2) is 11.2. The van der Waals surface area contributed by atoms with E-state index in [1.165, 1.54) is 35.9 Å². The van der Waals surface area contributed by atoms with Gasteiger partial charge in [0.2, 0.25) is 0 Å². The van der Waals surface area contributed by atoms with Crippen molar-refractivity contribution in [1.29, 1.82) is 0 Å². The molecule has 9 nitrogen and oxygen atoms in total. The molecule has 1 heterocycles. The van der Waals surface area contributed by atoms with Crippen molar-refractivity contribution in [3.63, 3.8) is 0 Å². The number of carboxylic acid groups (broad SMARTS) is 1. The minimum Gasteiger partial charge on any atom is -0.490 e. The lowest BCUT2D eigenvalue weighted by Crippen LogP contribution is -2.23. The van der Waals surface area contributed by atoms with Gasteiger partial charge in [-0.25, -0.2) is 14.6 Å². The second-order valence-electron chi connectivity index (χ2n) is 6.85. The molecule has 3 rings (SSSR count). The highest BCUT2D eigenvalue weighted by Crippen LogP contribution is 2.39. The van der Waals surface area contributed by atoms with Crippen molar-refractivity contribution in [3.05, 3.63) is 56.9 Å². The summed E-state index contributed by atoms with van der Waals surface area (Å²) in [5.74, 6) is -1.02. The summed E-state index contributed by atoms with van der Waals surface area (Å²) in [6, 6.07) is 9.52. The maximum Gasteiger partial charge on any atom is 0.343 e. The van der Waals surface area contributed by atoms with Gasteiger partial charge in [0.05, 0.1) is 34.3 Å². The number of hydrogen-bond acceptors (Lipinski definition) is 8. The van der Waals surface area contributed by atoms with E-state index in [0.29, 0.717) is 43.9 Å². The summed E-state index contributed by atoms with van der Waals surface area (Å²) < 4.78 is 16.3. The summed E-state index contributed by atoms with van der Waals surface area (Å²) in [4.78, 5) is 41.6. The van der Waals surface area contributed by atoms with Crippen LogP contribution < -0.4 is 9.47 Å². The Morgan fingerprint density at radius 1 is 1.21 bits per heavy atom. The van der Waals surface area contributed by atoms with Gasteiger partial charge in [-0.3, -0.25) is 9.69 Å². The van der Waals surface area contributed by atoms with E-state index in [1.807, 2.05) is 6.92 Å². The van der Waals surface area contributed by atoms with E-state index in [9.17, 15) is 14.4 Å². The zero-order valence-electron chi connectivity index (χ0n) is 18.5. The Morgan fingerprint density at radius 3 is 2.53 bits per heavy atom. The number of carbonyl (C=O) groups excluding carboxylic acids is 2. The Hall–Kier alpha value is -3.31. The number of carbonyl (C=O) groups is 3. The SMILES string of the molecule is CCOc1cc(/C=C2\SC(=Nc3ccc(C(=O)O)cc3)N(C)C2=O)cc(Br)c1OCC(=O)OC. The van der Waals surface area contributed by atoms with Crippen LogP contribution in [0.2, 0.25) is 0 Å². The summed E-state index contributed by atoms with van der Waals surface area (Å²) in [6.07, 6.45) is 1.71. The number of aliphatic imine (C=N–C) groups is 1. The smallest absolute Gasteiger partial charge is 0.343 e. The molecule has 1 amide bonds. The molecule has 0 bridgehead atoms. The topological polar surface area (TPSA) is 115 Å². The number of esters is 1. The second-order valence-corrected chi connectivity index (χ2v) is 8.71. The van der Waals surface area contributed by atoms with Crippen LogP contribution >= 0.6 is 27.7 Å². The fourth-order valence-corrected chi connectivity index (χ4v) is 4.42. The van der Waals surface area contributed by atoms with Crippen LogP contribution in [-0.4, -0.2) is 60.4 Å². The highest BCUT2D eigenvalue weighted by molar-refractivity contribution is 9.10. The number of likely N-dealkylation sites (N-methyl/N-ethyl adjacent to an activating group) is 1. The lowest BCUT2D eigenvalue weighted by molar-refractivity contribution is -0.143. The van der Waals surface area contributed by atoms with E-state index in [1.54, 1.807) is 37.4 Å². The standard InChI is InChI=1S/C23H21BrN2O7S/c1-4-32-17-10-13(9-16(24)20(17)33-12-19(27)31-3)11-18-21(28)26(2)23(34-18)25-15-7-5-14(6-8-15)22(29)30/h5-11H,4,12H2,1-3H3,(H,29,30)/b18-11-,25-23?. The lowest BCUT2D eigenvalue weighted by atomic mass is 10.2. The van der Waals surface area contributed by atoms with Gasteiger partial charge in [0.15, 0.2) is 23.3 Å². The van der Waals surface area contributed by atoms with Crippen LogP contribution in [0.5, 0.6) is 11.5 Å². The molecule has 1 N–H and O–H groups in total. The van der Waals surface area contributed by atoms with Crippen LogP contribution in [-0.2, 0) is 14.3 Å². The molecule has 0 saturated carbocycles. The summed E-state index contributed by atoms with van der Waals surface area (Å²) in [7, 11) is 2.89. The van der Waals surface area contributed by atoms with E-state index in [-0.39, 0.29) is 18.1 Å². The Balaban J connectivity index is 1.87. The van der Waals surface area contributed by atoms with E-state index >= 15 is 0 Å². The first-order valence-corrected chi connectivity index (χ1v) is 11.6. The van der Waals surface area contributed by atoms with Gasteiger partial charge < -0.3 is 19.3 Å². The van der Waals surface area contributed by atoms with Crippen LogP contribution in [0.3, 0.4) is 0 Å². The van der Waals surface area contributed by atoms with Gasteiger partial charge in [-0.05, 0) is 82.7 Å². The zero-order valence-corrected chi connectivity index (χ0v) is 20.9. The Bertz CT molecular complexity index is 1180. The number of thioether (sulfide) groups is 1. The predicted octanol–water partition coefficient (Wildman–Crippen LogP) is 4.33. The number of carboxylic acids is 1. The Labute approximate surface area is 208 Å². The molecule has 0 unspecified atom stereocenters. The first-order valence-electron chi connectivity index (χ1n) is 9.99. The van der Waals surface area contributed by atoms with Gasteiger partial charge in [0, 0.05) is 7.05 Å². The number of hydrogen-bond donors (Lipinski definition) is 1. The van der Waals surface area contributed by atoms with Crippen molar-refractivity contribution >= 4 is 62.5 Å². The maximum absolute atomic E-state index is 12.8. The van der Waals surface area contributed by atoms with Crippen LogP contribution in [0.1, 0.15) is 22.8 Å². The summed E-state index contributed by atoms with van der Waals surface area (Å²) in [6.45, 7) is 1.91. The third-order valence-electron chi connectivity index (χ3n) is 4.53. The monoisotopic (exact) mass is 548 g/mol. The Morgan fingerprint density at radius 2 is 1.91 bits per heavy atom. The molecule has 1 fully saturated rings. The van der Waals surface area contributed by atoms with Crippen molar-refractivity contribution < 1.29 is 33.7 Å². The summed E-state index contributed by atoms with van der Waals surface area (Å²) >= 11 is 4.63. The third-order valence-corrected chi connectivity index (χ3v) is 6.18. The molecular weight excluding hydrogens is 528 g/mol. The zero-order chi connectivity index (χ0) is 24.8. The molecule has 0 atom stereocenters. The van der Waals surface area contributed by atoms with Gasteiger partial charge in [0.1, 0.15) is 0 Å². The number of ether oxygens (including phenoxy) is 3. The van der Waals surface area contributed by atoms with Gasteiger partial charge >= 0.3 is 11.9 Å². The summed E-state index contributed by atoms with van der Waals surface area (Å²) in [5.41, 5.74) is 1.36. The molecule has 2 aromatic carbocycles. The molecule has 178 valence electrons. The molecule has 1 saturated heterocycles. The minimum atomic E-state index is -1.02. The van der Waals surface area contributed by atoms with Crippen LogP contribution in [0.15, 0.2) is 50.8 Å². The highest BCUT2D eigenvalue weighted by Gasteiger charge is 2.30. The average Bonchev–Trinajstić information content (AvgIpc) is 3.06. The Kier molecular flexibility index (Phi) is 8.35. The molecule has 11 heteroatoms. The molecule has 34 heavy (non-hydrogen) atoms. The van der Waals surface area contributed by atoms with E-state index < -0.39 is 11.9 Å². The number of aromatic carboxylic acids is 1. The molecule has 2 aromatic rings. The van der Waals surface area contributed by atoms with Crippen molar-refractivity contribution in [1.82, 2.24) is 4.90 Å². The van der Waals surface area contributed by atoms with Crippen molar-refractivity contribution in [2.75, 3.05) is 27.4 Å². The fourth-order valence-electron chi connectivity index (χ4n) is 2.86. The van der Waals surface area contributed by atoms with E-state index in [4.69, 9.17) is 14.6 Å². The van der Waals surface area contributed by atoms with Crippen LogP contribution in [0.4, 0.5) is 5.69 Å². The quantitative estimate of drug-likeness (QED) is 0.382. The first-order chi connectivity index (χ1) is 16.2. The first kappa shape index (κ1) is 25.3. The number of benzene rings is 2. The average molecular weight is 549 g/mol. The van der Waals surface area contributed by atoms with Crippen molar-refractivity contribution in [2.24, 2.45) is 4.99 Å². The lowest BCUT2D eigenvalue weighted by Gasteiger charge is -2.14. The van der Waals surface area contributed by atoms with E-state index in [2.05, 4.69) is 25.7 Å². The molecule has 0 aliphatic carbocycles. The normalized spacial score (nSPS) is 15.6. The number of amidine groups is 1. The number of methoxy groups -OCH3 is 1. The van der Waals surface area contributed by atoms with Crippen molar-refractivity contribution in [2.45, 2.75) is 6.92 Å². The molecular formula is C23H21BrN2O7S. The van der Waals surface area contributed by atoms with Gasteiger partial charge in [0.25, 0.3) is 5.91 Å². The number of amides is 1. The fraction of sp³-hybridized carbons (Fsp3) is 0.217. The van der Waals surface area contributed by atoms with Gasteiger partial charge in [-0.1, -0.05) is 0 Å². The number of rotatable bonds is 8. The maximum atomic E-state index is 12.8. The molecule has 0 aromatic heterocycles. The van der Waals surface area contributed by atoms with Crippen LogP contribution in [0, 0.1) is 0 Å². The number of nitrogens with zero attached hydrogens (tertiary/aromatic N) is 2. The van der Waals surface area contributed by atoms with Gasteiger partial charge in [-0.2, -0.15) is 0 Å². The molecule has 1 aliphatic heterocycles. The highest BCUT2D eigenvalue weighted by atomic mass is 79.9. The van der Waals surface area contributed by atoms with E-state index in [0.717, 1.165) is 0 Å². The summed E-state index contributed by atoms with van der Waals surface area (Å²) in [5, 5.41) is 9.49. The third kappa shape index (κ3) is 5.97. The minimum absolute atomic E-state index is 0.155. The molecule has 1 aliphatic rings. The molecule has 0 radical (unpaired) electrons. The van der Waals surface area contributed by atoms with Crippen molar-refractivity contribution in [3.8, 4) is 11.5 Å². The van der Waals surface area contributed by atoms with Crippen LogP contribution in [0.25, 0.3) is 6.08 Å². The molecule has 0 spiro atoms. The number of halogens is 1. The largest absolute Gasteiger partial charge is 0.490 e. The van der Waals surface area contributed by atoms with Gasteiger partial charge in [-0.15, -0.1) is 0 Å².